The highest BCUT2D eigenvalue weighted by Crippen LogP contribution is 2.05. The van der Waals surface area contributed by atoms with Crippen LogP contribution in [0.3, 0.4) is 0 Å². The van der Waals surface area contributed by atoms with Gasteiger partial charge in [-0.3, -0.25) is 19.1 Å². The van der Waals surface area contributed by atoms with Gasteiger partial charge in [-0.25, -0.2) is 17.5 Å². The van der Waals surface area contributed by atoms with Gasteiger partial charge in [0.1, 0.15) is 6.54 Å². The van der Waals surface area contributed by atoms with Crippen LogP contribution in [-0.4, -0.2) is 47.4 Å². The lowest BCUT2D eigenvalue weighted by Gasteiger charge is -2.11. The number of H-pyrrole nitrogens is 1. The van der Waals surface area contributed by atoms with Gasteiger partial charge in [0.2, 0.25) is 10.0 Å². The molecule has 0 unspecified atom stereocenters. The summed E-state index contributed by atoms with van der Waals surface area (Å²) in [7, 11) is -1.63. The molecule has 18 heavy (non-hydrogen) atoms. The quantitative estimate of drug-likeness (QED) is 0.646. The van der Waals surface area contributed by atoms with Gasteiger partial charge in [0.25, 0.3) is 5.56 Å². The van der Waals surface area contributed by atoms with Crippen LogP contribution in [0.5, 0.6) is 0 Å². The van der Waals surface area contributed by atoms with Gasteiger partial charge < -0.3 is 5.11 Å². The summed E-state index contributed by atoms with van der Waals surface area (Å²) in [5.74, 6) is -1.34. The Morgan fingerprint density at radius 1 is 1.44 bits per heavy atom. The molecule has 1 aromatic heterocycles. The van der Waals surface area contributed by atoms with Gasteiger partial charge in [0.05, 0.1) is 0 Å². The van der Waals surface area contributed by atoms with Crippen molar-refractivity contribution >= 4 is 16.0 Å². The second-order valence-electron chi connectivity index (χ2n) is 3.56. The zero-order valence-electron chi connectivity index (χ0n) is 9.58. The zero-order valence-corrected chi connectivity index (χ0v) is 10.4. The molecule has 1 heterocycles. The number of hydrogen-bond donors (Lipinski definition) is 2. The standard InChI is InChI=1S/C8H11N3O6S/c1-10(2)18(16,17)5-3-11(4-6(12)13)8(15)9-7(5)14/h3H,4H2,1-2H3,(H,12,13)(H,9,14,15). The molecule has 2 N–H and O–H groups in total. The van der Waals surface area contributed by atoms with Crippen molar-refractivity contribution < 1.29 is 18.3 Å². The Balaban J connectivity index is 3.53. The van der Waals surface area contributed by atoms with E-state index in [1.165, 1.54) is 14.1 Å². The van der Waals surface area contributed by atoms with Crippen molar-refractivity contribution in [3.63, 3.8) is 0 Å². The van der Waals surface area contributed by atoms with Gasteiger partial charge in [-0.1, -0.05) is 0 Å². The van der Waals surface area contributed by atoms with E-state index in [1.54, 1.807) is 4.98 Å². The van der Waals surface area contributed by atoms with Gasteiger partial charge in [-0.15, -0.1) is 0 Å². The maximum absolute atomic E-state index is 11.7. The minimum absolute atomic E-state index is 0.597. The SMILES string of the molecule is CN(C)S(=O)(=O)c1cn(CC(=O)O)c(=O)[nH]c1=O. The first kappa shape index (κ1) is 14.1. The molecule has 0 aliphatic carbocycles. The Hall–Kier alpha value is -1.94. The molecule has 0 aliphatic rings. The number of aromatic amines is 1. The van der Waals surface area contributed by atoms with Crippen molar-refractivity contribution in [2.24, 2.45) is 0 Å². The minimum Gasteiger partial charge on any atom is -0.480 e. The number of hydrogen-bond acceptors (Lipinski definition) is 5. The second kappa shape index (κ2) is 4.74. The molecule has 9 nitrogen and oxygen atoms in total. The largest absolute Gasteiger partial charge is 0.480 e. The Bertz CT molecular complexity index is 684. The summed E-state index contributed by atoms with van der Waals surface area (Å²) < 4.78 is 24.9. The van der Waals surface area contributed by atoms with Crippen LogP contribution in [0.4, 0.5) is 0 Å². The molecular formula is C8H11N3O6S. The maximum atomic E-state index is 11.7. The third-order valence-corrected chi connectivity index (χ3v) is 3.85. The van der Waals surface area contributed by atoms with Crippen molar-refractivity contribution in [2.75, 3.05) is 14.1 Å². The lowest BCUT2D eigenvalue weighted by atomic mass is 10.5. The molecule has 1 aromatic rings. The third-order valence-electron chi connectivity index (χ3n) is 2.04. The van der Waals surface area contributed by atoms with E-state index in [0.717, 1.165) is 4.31 Å². The normalized spacial score (nSPS) is 11.7. The van der Waals surface area contributed by atoms with Crippen LogP contribution in [-0.2, 0) is 21.4 Å². The summed E-state index contributed by atoms with van der Waals surface area (Å²) in [6.07, 6.45) is 0.713. The number of carboxylic acids is 1. The van der Waals surface area contributed by atoms with Crippen molar-refractivity contribution in [3.8, 4) is 0 Å². The van der Waals surface area contributed by atoms with Crippen molar-refractivity contribution in [1.82, 2.24) is 13.9 Å². The second-order valence-corrected chi connectivity index (χ2v) is 5.68. The highest BCUT2D eigenvalue weighted by Gasteiger charge is 2.23. The number of carbonyl (C=O) groups is 1. The smallest absolute Gasteiger partial charge is 0.328 e. The number of aromatic nitrogens is 2. The monoisotopic (exact) mass is 277 g/mol. The Kier molecular flexibility index (Phi) is 3.72. The van der Waals surface area contributed by atoms with E-state index in [4.69, 9.17) is 5.11 Å². The number of carboxylic acid groups (broad SMARTS) is 1. The van der Waals surface area contributed by atoms with E-state index in [9.17, 15) is 22.8 Å². The van der Waals surface area contributed by atoms with Crippen LogP contribution >= 0.6 is 0 Å². The molecular weight excluding hydrogens is 266 g/mol. The Morgan fingerprint density at radius 3 is 2.44 bits per heavy atom. The molecule has 100 valence electrons. The molecule has 0 fully saturated rings. The molecule has 0 bridgehead atoms. The van der Waals surface area contributed by atoms with Crippen LogP contribution in [0.2, 0.25) is 0 Å². The Labute approximate surface area is 101 Å². The zero-order chi connectivity index (χ0) is 14.1. The molecule has 0 radical (unpaired) electrons. The van der Waals surface area contributed by atoms with Gasteiger partial charge in [0, 0.05) is 20.3 Å². The highest BCUT2D eigenvalue weighted by atomic mass is 32.2. The number of aliphatic carboxylic acids is 1. The fourth-order valence-corrected chi connectivity index (χ4v) is 2.07. The fraction of sp³-hybridized carbons (Fsp3) is 0.375. The minimum atomic E-state index is -4.05. The average Bonchev–Trinajstić information content (AvgIpc) is 2.20. The molecule has 0 aliphatic heterocycles. The number of sulfonamides is 1. The maximum Gasteiger partial charge on any atom is 0.328 e. The highest BCUT2D eigenvalue weighted by molar-refractivity contribution is 7.89. The molecule has 0 atom stereocenters. The van der Waals surface area contributed by atoms with Crippen LogP contribution < -0.4 is 11.2 Å². The van der Waals surface area contributed by atoms with Gasteiger partial charge in [0.15, 0.2) is 4.90 Å². The lowest BCUT2D eigenvalue weighted by Crippen LogP contribution is -2.37. The molecule has 0 aromatic carbocycles. The van der Waals surface area contributed by atoms with E-state index < -0.39 is 38.7 Å². The first-order valence-electron chi connectivity index (χ1n) is 4.64. The molecule has 1 rings (SSSR count). The predicted octanol–water partition coefficient (Wildman–Crippen LogP) is -2.13. The van der Waals surface area contributed by atoms with Gasteiger partial charge in [-0.2, -0.15) is 0 Å². The molecule has 0 amide bonds. The first-order valence-corrected chi connectivity index (χ1v) is 6.08. The molecule has 10 heteroatoms. The lowest BCUT2D eigenvalue weighted by molar-refractivity contribution is -0.137. The summed E-state index contributed by atoms with van der Waals surface area (Å²) in [6.45, 7) is -0.744. The van der Waals surface area contributed by atoms with Crippen LogP contribution in [0.15, 0.2) is 20.7 Å². The van der Waals surface area contributed by atoms with Crippen molar-refractivity contribution in [3.05, 3.63) is 27.0 Å². The van der Waals surface area contributed by atoms with Crippen LogP contribution in [0, 0.1) is 0 Å². The van der Waals surface area contributed by atoms with Gasteiger partial charge >= 0.3 is 11.7 Å². The summed E-state index contributed by atoms with van der Waals surface area (Å²) in [6, 6.07) is 0. The molecule has 0 spiro atoms. The Morgan fingerprint density at radius 2 is 2.00 bits per heavy atom. The summed E-state index contributed by atoms with van der Waals surface area (Å²) in [5.41, 5.74) is -2.07. The molecule has 0 saturated heterocycles. The van der Waals surface area contributed by atoms with Crippen molar-refractivity contribution in [2.45, 2.75) is 11.4 Å². The average molecular weight is 277 g/mol. The first-order chi connectivity index (χ1) is 8.16. The fourth-order valence-electron chi connectivity index (χ4n) is 1.13. The van der Waals surface area contributed by atoms with E-state index in [1.807, 2.05) is 0 Å². The third kappa shape index (κ3) is 2.65. The summed E-state index contributed by atoms with van der Waals surface area (Å²) in [5, 5.41) is 8.55. The van der Waals surface area contributed by atoms with E-state index >= 15 is 0 Å². The van der Waals surface area contributed by atoms with Crippen molar-refractivity contribution in [1.29, 1.82) is 0 Å². The van der Waals surface area contributed by atoms with E-state index in [0.29, 0.717) is 10.8 Å². The van der Waals surface area contributed by atoms with Crippen LogP contribution in [0.25, 0.3) is 0 Å². The van der Waals surface area contributed by atoms with Gasteiger partial charge in [-0.05, 0) is 0 Å². The number of nitrogens with one attached hydrogen (secondary N) is 1. The summed E-state index contributed by atoms with van der Waals surface area (Å²) in [4.78, 5) is 34.2. The molecule has 0 saturated carbocycles. The topological polar surface area (TPSA) is 130 Å². The van der Waals surface area contributed by atoms with E-state index in [-0.39, 0.29) is 0 Å². The predicted molar refractivity (Wildman–Crippen MR) is 59.8 cm³/mol. The van der Waals surface area contributed by atoms with E-state index in [2.05, 4.69) is 0 Å². The number of rotatable bonds is 4. The van der Waals surface area contributed by atoms with Crippen LogP contribution in [0.1, 0.15) is 0 Å². The summed E-state index contributed by atoms with van der Waals surface area (Å²) >= 11 is 0. The number of nitrogens with zero attached hydrogens (tertiary/aromatic N) is 2.